The second-order valence-electron chi connectivity index (χ2n) is 12.9. The molecule has 0 aromatic heterocycles. The maximum absolute atomic E-state index is 12.9. The summed E-state index contributed by atoms with van der Waals surface area (Å²) in [4.78, 5) is 30.0. The number of carbonyl (C=O) groups excluding carboxylic acids is 2. The van der Waals surface area contributed by atoms with Gasteiger partial charge in [-0.3, -0.25) is 14.5 Å². The average molecular weight is 644 g/mol. The quantitative estimate of drug-likeness (QED) is 0.346. The van der Waals surface area contributed by atoms with Gasteiger partial charge < -0.3 is 20.7 Å². The number of nitrogens with zero attached hydrogens (tertiary/aromatic N) is 2. The molecule has 2 aromatic rings. The van der Waals surface area contributed by atoms with Gasteiger partial charge in [0.05, 0.1) is 17.3 Å². The Labute approximate surface area is 256 Å². The van der Waals surface area contributed by atoms with Gasteiger partial charge in [0, 0.05) is 55.2 Å². The smallest absolute Gasteiger partial charge is 0.242 e. The zero-order valence-electron chi connectivity index (χ0n) is 23.5. The molecule has 0 unspecified atom stereocenters. The predicted octanol–water partition coefficient (Wildman–Crippen LogP) is 5.63. The first-order chi connectivity index (χ1) is 19.7. The number of nitrogens with two attached hydrogens (primary N) is 1. The SMILES string of the molecule is Nc1cc(OCc2ccc(Br)cc2)c(CN2CCN(C(=O)CNC(=O)CC34CC5CC(CC(C5)C3)C4)CC2)cc1Cl. The Morgan fingerprint density at radius 1 is 1.00 bits per heavy atom. The lowest BCUT2D eigenvalue weighted by atomic mass is 9.49. The van der Waals surface area contributed by atoms with Crippen molar-refractivity contribution in [1.29, 1.82) is 0 Å². The van der Waals surface area contributed by atoms with E-state index in [0.29, 0.717) is 43.4 Å². The minimum atomic E-state index is -0.00226. The van der Waals surface area contributed by atoms with E-state index in [1.54, 1.807) is 6.07 Å². The summed E-state index contributed by atoms with van der Waals surface area (Å²) in [5.74, 6) is 3.24. The Hall–Kier alpha value is -2.29. The van der Waals surface area contributed by atoms with Crippen molar-refractivity contribution < 1.29 is 14.3 Å². The first-order valence-electron chi connectivity index (χ1n) is 15.0. The van der Waals surface area contributed by atoms with Gasteiger partial charge in [-0.05, 0) is 85.5 Å². The number of ether oxygens (including phenoxy) is 1. The number of amides is 2. The summed E-state index contributed by atoms with van der Waals surface area (Å²) in [6, 6.07) is 11.7. The minimum absolute atomic E-state index is 0.00226. The highest BCUT2D eigenvalue weighted by Crippen LogP contribution is 2.61. The first kappa shape index (κ1) is 28.8. The summed E-state index contributed by atoms with van der Waals surface area (Å²) in [6.45, 7) is 3.90. The van der Waals surface area contributed by atoms with Crippen LogP contribution in [0.1, 0.15) is 56.1 Å². The molecule has 220 valence electrons. The molecule has 9 heteroatoms. The number of hydrogen-bond donors (Lipinski definition) is 2. The molecular formula is C32H40BrClN4O3. The third kappa shape index (κ3) is 6.86. The summed E-state index contributed by atoms with van der Waals surface area (Å²) >= 11 is 9.83. The van der Waals surface area contributed by atoms with Crippen molar-refractivity contribution in [2.45, 2.75) is 58.1 Å². The summed E-state index contributed by atoms with van der Waals surface area (Å²) in [5, 5.41) is 3.47. The number of piperazine rings is 1. The summed E-state index contributed by atoms with van der Waals surface area (Å²) in [7, 11) is 0. The molecule has 0 atom stereocenters. The topological polar surface area (TPSA) is 87.9 Å². The summed E-state index contributed by atoms with van der Waals surface area (Å²) in [5.41, 5.74) is 8.80. The van der Waals surface area contributed by atoms with Crippen LogP contribution in [0, 0.1) is 23.2 Å². The summed E-state index contributed by atoms with van der Waals surface area (Å²) in [6.07, 6.45) is 8.33. The highest BCUT2D eigenvalue weighted by molar-refractivity contribution is 9.10. The van der Waals surface area contributed by atoms with E-state index in [1.165, 1.54) is 38.5 Å². The Kier molecular flexibility index (Phi) is 8.53. The molecular weight excluding hydrogens is 604 g/mol. The van der Waals surface area contributed by atoms with Crippen molar-refractivity contribution in [3.63, 3.8) is 0 Å². The van der Waals surface area contributed by atoms with Gasteiger partial charge in [0.15, 0.2) is 0 Å². The van der Waals surface area contributed by atoms with Gasteiger partial charge >= 0.3 is 0 Å². The van der Waals surface area contributed by atoms with E-state index in [2.05, 4.69) is 26.1 Å². The molecule has 7 nitrogen and oxygen atoms in total. The lowest BCUT2D eigenvalue weighted by Crippen LogP contribution is -2.51. The number of hydrogen-bond acceptors (Lipinski definition) is 5. The van der Waals surface area contributed by atoms with Crippen LogP contribution in [-0.4, -0.2) is 54.3 Å². The van der Waals surface area contributed by atoms with Crippen LogP contribution in [0.5, 0.6) is 5.75 Å². The third-order valence-corrected chi connectivity index (χ3v) is 10.6. The van der Waals surface area contributed by atoms with Crippen LogP contribution in [0.15, 0.2) is 40.9 Å². The lowest BCUT2D eigenvalue weighted by Gasteiger charge is -2.56. The second-order valence-corrected chi connectivity index (χ2v) is 14.2. The number of nitrogen functional groups attached to an aromatic ring is 1. The molecule has 1 heterocycles. The van der Waals surface area contributed by atoms with E-state index < -0.39 is 0 Å². The average Bonchev–Trinajstić information content (AvgIpc) is 2.93. The Morgan fingerprint density at radius 3 is 2.27 bits per heavy atom. The molecule has 3 N–H and O–H groups in total. The fourth-order valence-corrected chi connectivity index (χ4v) is 8.65. The zero-order valence-corrected chi connectivity index (χ0v) is 25.9. The van der Waals surface area contributed by atoms with E-state index in [-0.39, 0.29) is 23.8 Å². The second kappa shape index (κ2) is 12.1. The normalized spacial score (nSPS) is 27.2. The number of nitrogens with one attached hydrogen (secondary N) is 1. The van der Waals surface area contributed by atoms with Gasteiger partial charge in [0.2, 0.25) is 11.8 Å². The van der Waals surface area contributed by atoms with Crippen LogP contribution in [0.2, 0.25) is 5.02 Å². The van der Waals surface area contributed by atoms with Crippen molar-refractivity contribution in [3.05, 3.63) is 57.0 Å². The molecule has 4 aliphatic carbocycles. The van der Waals surface area contributed by atoms with Crippen LogP contribution in [0.4, 0.5) is 5.69 Å². The van der Waals surface area contributed by atoms with Gasteiger partial charge in [-0.15, -0.1) is 0 Å². The summed E-state index contributed by atoms with van der Waals surface area (Å²) < 4.78 is 7.18. The van der Waals surface area contributed by atoms with Crippen LogP contribution < -0.4 is 15.8 Å². The van der Waals surface area contributed by atoms with E-state index in [4.69, 9.17) is 22.1 Å². The highest BCUT2D eigenvalue weighted by atomic mass is 79.9. The van der Waals surface area contributed by atoms with Gasteiger partial charge in [-0.1, -0.05) is 39.7 Å². The lowest BCUT2D eigenvalue weighted by molar-refractivity contribution is -0.136. The molecule has 2 amide bonds. The highest BCUT2D eigenvalue weighted by Gasteiger charge is 2.51. The van der Waals surface area contributed by atoms with Gasteiger partial charge in [-0.2, -0.15) is 0 Å². The van der Waals surface area contributed by atoms with E-state index in [9.17, 15) is 9.59 Å². The van der Waals surface area contributed by atoms with Crippen LogP contribution >= 0.6 is 27.5 Å². The molecule has 1 saturated heterocycles. The maximum Gasteiger partial charge on any atom is 0.242 e. The number of carbonyl (C=O) groups is 2. The van der Waals surface area contributed by atoms with Crippen LogP contribution in [0.3, 0.4) is 0 Å². The van der Waals surface area contributed by atoms with Crippen molar-refractivity contribution in [2.75, 3.05) is 38.5 Å². The first-order valence-corrected chi connectivity index (χ1v) is 16.1. The molecule has 4 bridgehead atoms. The van der Waals surface area contributed by atoms with Gasteiger partial charge in [0.25, 0.3) is 0 Å². The Morgan fingerprint density at radius 2 is 1.63 bits per heavy atom. The molecule has 1 aliphatic heterocycles. The number of rotatable bonds is 9. The fourth-order valence-electron chi connectivity index (χ4n) is 8.20. The zero-order chi connectivity index (χ0) is 28.6. The Balaban J connectivity index is 0.972. The van der Waals surface area contributed by atoms with Crippen molar-refractivity contribution >= 4 is 45.0 Å². The van der Waals surface area contributed by atoms with Crippen molar-refractivity contribution in [3.8, 4) is 5.75 Å². The van der Waals surface area contributed by atoms with E-state index in [0.717, 1.165) is 52.2 Å². The molecule has 5 aliphatic rings. The number of benzene rings is 2. The predicted molar refractivity (Wildman–Crippen MR) is 164 cm³/mol. The minimum Gasteiger partial charge on any atom is -0.488 e. The van der Waals surface area contributed by atoms with Crippen LogP contribution in [-0.2, 0) is 22.7 Å². The molecule has 2 aromatic carbocycles. The van der Waals surface area contributed by atoms with Crippen molar-refractivity contribution in [2.24, 2.45) is 23.2 Å². The largest absolute Gasteiger partial charge is 0.488 e. The molecule has 0 radical (unpaired) electrons. The molecule has 0 spiro atoms. The van der Waals surface area contributed by atoms with E-state index >= 15 is 0 Å². The van der Waals surface area contributed by atoms with Gasteiger partial charge in [-0.25, -0.2) is 0 Å². The van der Waals surface area contributed by atoms with Crippen LogP contribution in [0.25, 0.3) is 0 Å². The maximum atomic E-state index is 12.9. The Bertz CT molecular complexity index is 1240. The molecule has 7 rings (SSSR count). The van der Waals surface area contributed by atoms with Crippen molar-refractivity contribution in [1.82, 2.24) is 15.1 Å². The van der Waals surface area contributed by atoms with Gasteiger partial charge in [0.1, 0.15) is 12.4 Å². The molecule has 4 saturated carbocycles. The molecule has 5 fully saturated rings. The standard InChI is InChI=1S/C32H40BrClN4O3/c33-26-3-1-21(2-4-26)20-41-29-13-28(35)27(34)12-25(29)19-37-5-7-38(8-6-37)31(40)18-36-30(39)17-32-14-22-9-23(15-32)11-24(10-22)16-32/h1-4,12-13,22-24H,5-11,14-20,35H2,(H,36,39). The molecule has 41 heavy (non-hydrogen) atoms. The fraction of sp³-hybridized carbons (Fsp3) is 0.562. The number of anilines is 1. The van der Waals surface area contributed by atoms with E-state index in [1.807, 2.05) is 35.2 Å². The third-order valence-electron chi connectivity index (χ3n) is 9.74. The monoisotopic (exact) mass is 642 g/mol. The number of halogens is 2.